The second-order valence-electron chi connectivity index (χ2n) is 5.84. The van der Waals surface area contributed by atoms with E-state index < -0.39 is 0 Å². The fourth-order valence-corrected chi connectivity index (χ4v) is 2.69. The molecule has 0 aromatic carbocycles. The van der Waals surface area contributed by atoms with Crippen molar-refractivity contribution in [3.63, 3.8) is 0 Å². The monoisotopic (exact) mass is 288 g/mol. The lowest BCUT2D eigenvalue weighted by Gasteiger charge is -2.16. The van der Waals surface area contributed by atoms with Crippen molar-refractivity contribution in [1.82, 2.24) is 20.0 Å². The van der Waals surface area contributed by atoms with Crippen LogP contribution in [0.1, 0.15) is 56.4 Å². The second kappa shape index (κ2) is 6.43. The van der Waals surface area contributed by atoms with Crippen molar-refractivity contribution in [2.24, 2.45) is 5.92 Å². The fraction of sp³-hybridized carbons (Fsp3) is 0.625. The molecule has 0 amide bonds. The average molecular weight is 288 g/mol. The minimum atomic E-state index is 0.502. The van der Waals surface area contributed by atoms with Crippen LogP contribution in [-0.2, 0) is 13.0 Å². The lowest BCUT2D eigenvalue weighted by atomic mass is 10.1. The largest absolute Gasteiger partial charge is 0.346 e. The molecule has 5 heteroatoms. The maximum Gasteiger partial charge on any atom is 0.226 e. The summed E-state index contributed by atoms with van der Waals surface area (Å²) in [6, 6.07) is 2.72. The summed E-state index contributed by atoms with van der Waals surface area (Å²) in [5, 5.41) is 7.69. The molecule has 2 heterocycles. The predicted molar refractivity (Wildman–Crippen MR) is 81.0 cm³/mol. The average Bonchev–Trinajstić information content (AvgIpc) is 3.06. The minimum Gasteiger partial charge on any atom is -0.346 e. The Morgan fingerprint density at radius 1 is 1.43 bits per heavy atom. The zero-order chi connectivity index (χ0) is 14.7. The molecule has 21 heavy (non-hydrogen) atoms. The van der Waals surface area contributed by atoms with E-state index in [1.54, 1.807) is 0 Å². The van der Waals surface area contributed by atoms with Gasteiger partial charge in [-0.05, 0) is 43.4 Å². The molecular formula is C16H24N4O. The maximum absolute atomic E-state index is 5.15. The first-order chi connectivity index (χ1) is 10.3. The standard InChI is InChI=1S/C16H24N4O/c1-3-8-17-16(12-5-6-12)13-7-9-20(10-13)11-14-18-15(4-2)21-19-14/h7,9-10,12,16-17H,3-6,8,11H2,1-2H3. The van der Waals surface area contributed by atoms with Gasteiger partial charge in [-0.2, -0.15) is 4.98 Å². The smallest absolute Gasteiger partial charge is 0.226 e. The van der Waals surface area contributed by atoms with Crippen LogP contribution in [0.15, 0.2) is 23.0 Å². The van der Waals surface area contributed by atoms with Crippen molar-refractivity contribution >= 4 is 0 Å². The molecule has 5 nitrogen and oxygen atoms in total. The van der Waals surface area contributed by atoms with Gasteiger partial charge in [-0.25, -0.2) is 0 Å². The number of aryl methyl sites for hydroxylation is 1. The molecule has 2 aromatic rings. The summed E-state index contributed by atoms with van der Waals surface area (Å²) in [5.41, 5.74) is 1.38. The topological polar surface area (TPSA) is 55.9 Å². The summed E-state index contributed by atoms with van der Waals surface area (Å²) >= 11 is 0. The Morgan fingerprint density at radius 2 is 2.29 bits per heavy atom. The van der Waals surface area contributed by atoms with E-state index in [1.807, 2.05) is 6.92 Å². The third-order valence-corrected chi connectivity index (χ3v) is 3.98. The van der Waals surface area contributed by atoms with Crippen LogP contribution in [-0.4, -0.2) is 21.3 Å². The van der Waals surface area contributed by atoms with Crippen LogP contribution in [0, 0.1) is 5.92 Å². The van der Waals surface area contributed by atoms with E-state index in [9.17, 15) is 0 Å². The van der Waals surface area contributed by atoms with E-state index in [0.717, 1.165) is 24.7 Å². The van der Waals surface area contributed by atoms with Crippen LogP contribution in [0.3, 0.4) is 0 Å². The van der Waals surface area contributed by atoms with Gasteiger partial charge in [0.1, 0.15) is 0 Å². The number of hydrogen-bond acceptors (Lipinski definition) is 4. The lowest BCUT2D eigenvalue weighted by molar-refractivity contribution is 0.375. The highest BCUT2D eigenvalue weighted by Crippen LogP contribution is 2.41. The van der Waals surface area contributed by atoms with E-state index in [-0.39, 0.29) is 0 Å². The minimum absolute atomic E-state index is 0.502. The zero-order valence-corrected chi connectivity index (χ0v) is 12.9. The third kappa shape index (κ3) is 3.53. The molecule has 1 unspecified atom stereocenters. The van der Waals surface area contributed by atoms with Crippen LogP contribution in [0.5, 0.6) is 0 Å². The first-order valence-corrected chi connectivity index (χ1v) is 8.00. The predicted octanol–water partition coefficient (Wildman–Crippen LogP) is 2.93. The zero-order valence-electron chi connectivity index (χ0n) is 12.9. The van der Waals surface area contributed by atoms with Crippen molar-refractivity contribution in [3.05, 3.63) is 35.7 Å². The number of nitrogens with one attached hydrogen (secondary N) is 1. The van der Waals surface area contributed by atoms with E-state index in [1.165, 1.54) is 24.8 Å². The molecule has 1 aliphatic rings. The van der Waals surface area contributed by atoms with Gasteiger partial charge in [0.15, 0.2) is 5.82 Å². The molecular weight excluding hydrogens is 264 g/mol. The Labute approximate surface area is 125 Å². The number of hydrogen-bond donors (Lipinski definition) is 1. The van der Waals surface area contributed by atoms with E-state index in [4.69, 9.17) is 4.52 Å². The molecule has 0 spiro atoms. The van der Waals surface area contributed by atoms with Crippen LogP contribution in [0.2, 0.25) is 0 Å². The van der Waals surface area contributed by atoms with Gasteiger partial charge in [0, 0.05) is 24.9 Å². The molecule has 114 valence electrons. The van der Waals surface area contributed by atoms with Gasteiger partial charge < -0.3 is 14.4 Å². The van der Waals surface area contributed by atoms with Crippen molar-refractivity contribution in [2.45, 2.75) is 52.1 Å². The van der Waals surface area contributed by atoms with Crippen molar-refractivity contribution in [3.8, 4) is 0 Å². The SMILES string of the molecule is CCCNC(c1ccn(Cc2noc(CC)n2)c1)C1CC1. The molecule has 2 aromatic heterocycles. The first kappa shape index (κ1) is 14.3. The Balaban J connectivity index is 1.66. The highest BCUT2D eigenvalue weighted by Gasteiger charge is 2.32. The highest BCUT2D eigenvalue weighted by molar-refractivity contribution is 5.18. The summed E-state index contributed by atoms with van der Waals surface area (Å²) in [5.74, 6) is 2.26. The molecule has 1 fully saturated rings. The van der Waals surface area contributed by atoms with E-state index in [2.05, 4.69) is 45.4 Å². The third-order valence-electron chi connectivity index (χ3n) is 3.98. The second-order valence-corrected chi connectivity index (χ2v) is 5.84. The summed E-state index contributed by atoms with van der Waals surface area (Å²) in [7, 11) is 0. The molecule has 0 radical (unpaired) electrons. The van der Waals surface area contributed by atoms with Crippen LogP contribution in [0.25, 0.3) is 0 Å². The number of rotatable bonds is 8. The van der Waals surface area contributed by atoms with E-state index in [0.29, 0.717) is 18.5 Å². The molecule has 1 atom stereocenters. The Hall–Kier alpha value is -1.62. The summed E-state index contributed by atoms with van der Waals surface area (Å²) < 4.78 is 7.30. The molecule has 3 rings (SSSR count). The Morgan fingerprint density at radius 3 is 2.95 bits per heavy atom. The maximum atomic E-state index is 5.15. The van der Waals surface area contributed by atoms with Gasteiger partial charge in [-0.1, -0.05) is 19.0 Å². The Kier molecular flexibility index (Phi) is 4.39. The van der Waals surface area contributed by atoms with E-state index >= 15 is 0 Å². The van der Waals surface area contributed by atoms with Crippen molar-refractivity contribution < 1.29 is 4.52 Å². The quantitative estimate of drug-likeness (QED) is 0.811. The van der Waals surface area contributed by atoms with Gasteiger partial charge in [-0.15, -0.1) is 0 Å². The number of aromatic nitrogens is 3. The van der Waals surface area contributed by atoms with Crippen molar-refractivity contribution in [2.75, 3.05) is 6.54 Å². The molecule has 1 aliphatic carbocycles. The molecule has 1 N–H and O–H groups in total. The summed E-state index contributed by atoms with van der Waals surface area (Å²) in [6.07, 6.45) is 8.98. The first-order valence-electron chi connectivity index (χ1n) is 8.00. The Bertz CT molecular complexity index is 570. The molecule has 1 saturated carbocycles. The van der Waals surface area contributed by atoms with Gasteiger partial charge in [0.05, 0.1) is 6.54 Å². The molecule has 0 bridgehead atoms. The molecule has 0 saturated heterocycles. The van der Waals surface area contributed by atoms with Crippen LogP contribution in [0.4, 0.5) is 0 Å². The van der Waals surface area contributed by atoms with Crippen LogP contribution < -0.4 is 5.32 Å². The fourth-order valence-electron chi connectivity index (χ4n) is 2.69. The van der Waals surface area contributed by atoms with Crippen molar-refractivity contribution in [1.29, 1.82) is 0 Å². The summed E-state index contributed by atoms with van der Waals surface area (Å²) in [4.78, 5) is 4.36. The lowest BCUT2D eigenvalue weighted by Crippen LogP contribution is -2.23. The summed E-state index contributed by atoms with van der Waals surface area (Å²) in [6.45, 7) is 5.99. The van der Waals surface area contributed by atoms with Gasteiger partial charge in [0.2, 0.25) is 5.89 Å². The van der Waals surface area contributed by atoms with Gasteiger partial charge in [-0.3, -0.25) is 0 Å². The van der Waals surface area contributed by atoms with Gasteiger partial charge in [0.25, 0.3) is 0 Å². The van der Waals surface area contributed by atoms with Crippen LogP contribution >= 0.6 is 0 Å². The highest BCUT2D eigenvalue weighted by atomic mass is 16.5. The van der Waals surface area contributed by atoms with Gasteiger partial charge >= 0.3 is 0 Å². The number of nitrogens with zero attached hydrogens (tertiary/aromatic N) is 3. The normalized spacial score (nSPS) is 16.3. The molecule has 0 aliphatic heterocycles.